The zero-order valence-corrected chi connectivity index (χ0v) is 12.8. The van der Waals surface area contributed by atoms with Crippen LogP contribution in [-0.2, 0) is 14.8 Å². The lowest BCUT2D eigenvalue weighted by Crippen LogP contribution is -2.37. The van der Waals surface area contributed by atoms with Crippen LogP contribution in [0.2, 0.25) is 0 Å². The van der Waals surface area contributed by atoms with Crippen LogP contribution in [0, 0.1) is 0 Å². The number of likely N-dealkylation sites (tertiary alicyclic amines) is 1. The van der Waals surface area contributed by atoms with Crippen molar-refractivity contribution in [3.05, 3.63) is 18.2 Å². The lowest BCUT2D eigenvalue weighted by molar-refractivity contribution is -0.128. The molecule has 0 aromatic heterocycles. The molecule has 4 N–H and O–H groups in total. The Morgan fingerprint density at radius 1 is 1.33 bits per heavy atom. The summed E-state index contributed by atoms with van der Waals surface area (Å²) in [6, 6.07) is 4.26. The van der Waals surface area contributed by atoms with E-state index in [9.17, 15) is 13.2 Å². The SMILES string of the molecule is CN(CC(=O)N1CCCC1)c1ccc(S(N)(=O)=O)cc1N. The summed E-state index contributed by atoms with van der Waals surface area (Å²) < 4.78 is 22.5. The molecule has 1 amide bonds. The summed E-state index contributed by atoms with van der Waals surface area (Å²) >= 11 is 0. The number of hydrogen-bond acceptors (Lipinski definition) is 5. The van der Waals surface area contributed by atoms with E-state index in [2.05, 4.69) is 0 Å². The number of benzene rings is 1. The molecular weight excluding hydrogens is 292 g/mol. The van der Waals surface area contributed by atoms with Crippen molar-refractivity contribution in [2.24, 2.45) is 5.14 Å². The molecule has 21 heavy (non-hydrogen) atoms. The molecule has 1 saturated heterocycles. The first kappa shape index (κ1) is 15.6. The quantitative estimate of drug-likeness (QED) is 0.759. The van der Waals surface area contributed by atoms with Crippen molar-refractivity contribution in [1.29, 1.82) is 0 Å². The van der Waals surface area contributed by atoms with Crippen LogP contribution < -0.4 is 15.8 Å². The first-order valence-electron chi connectivity index (χ1n) is 6.70. The summed E-state index contributed by atoms with van der Waals surface area (Å²) in [5.74, 6) is 0.0462. The molecule has 116 valence electrons. The predicted molar refractivity (Wildman–Crippen MR) is 81.3 cm³/mol. The van der Waals surface area contributed by atoms with E-state index in [1.807, 2.05) is 4.90 Å². The first-order valence-corrected chi connectivity index (χ1v) is 8.25. The van der Waals surface area contributed by atoms with Crippen LogP contribution in [0.3, 0.4) is 0 Å². The molecule has 1 aromatic rings. The third-order valence-electron chi connectivity index (χ3n) is 3.57. The van der Waals surface area contributed by atoms with Gasteiger partial charge in [-0.3, -0.25) is 4.79 Å². The smallest absolute Gasteiger partial charge is 0.242 e. The van der Waals surface area contributed by atoms with Crippen LogP contribution >= 0.6 is 0 Å². The van der Waals surface area contributed by atoms with Gasteiger partial charge in [0.05, 0.1) is 22.8 Å². The Bertz CT molecular complexity index is 639. The topological polar surface area (TPSA) is 110 Å². The van der Waals surface area contributed by atoms with E-state index in [0.717, 1.165) is 25.9 Å². The summed E-state index contributed by atoms with van der Waals surface area (Å²) in [7, 11) is -2.03. The molecule has 8 heteroatoms. The number of sulfonamides is 1. The van der Waals surface area contributed by atoms with Crippen molar-refractivity contribution in [2.75, 3.05) is 37.3 Å². The van der Waals surface area contributed by atoms with Gasteiger partial charge in [0.15, 0.2) is 0 Å². The van der Waals surface area contributed by atoms with Gasteiger partial charge in [-0.05, 0) is 31.0 Å². The Morgan fingerprint density at radius 3 is 2.48 bits per heavy atom. The highest BCUT2D eigenvalue weighted by atomic mass is 32.2. The summed E-state index contributed by atoms with van der Waals surface area (Å²) in [5, 5.41) is 5.06. The number of nitrogen functional groups attached to an aromatic ring is 1. The largest absolute Gasteiger partial charge is 0.397 e. The van der Waals surface area contributed by atoms with Gasteiger partial charge in [0.2, 0.25) is 15.9 Å². The molecule has 1 fully saturated rings. The Morgan fingerprint density at radius 2 is 1.95 bits per heavy atom. The van der Waals surface area contributed by atoms with Crippen molar-refractivity contribution < 1.29 is 13.2 Å². The van der Waals surface area contributed by atoms with Crippen molar-refractivity contribution >= 4 is 27.3 Å². The molecular formula is C13H20N4O3S. The molecule has 0 radical (unpaired) electrons. The van der Waals surface area contributed by atoms with Crippen molar-refractivity contribution in [3.8, 4) is 0 Å². The predicted octanol–water partition coefficient (Wildman–Crippen LogP) is -0.0252. The van der Waals surface area contributed by atoms with Gasteiger partial charge in [0, 0.05) is 20.1 Å². The van der Waals surface area contributed by atoms with Gasteiger partial charge in [-0.2, -0.15) is 0 Å². The fourth-order valence-corrected chi connectivity index (χ4v) is 2.96. The standard InChI is InChI=1S/C13H20N4O3S/c1-16(9-13(18)17-6-2-3-7-17)12-5-4-10(8-11(12)14)21(15,19)20/h4-5,8H,2-3,6-7,9,14H2,1H3,(H2,15,19,20). The molecule has 1 aliphatic heterocycles. The number of nitrogens with two attached hydrogens (primary N) is 2. The minimum absolute atomic E-state index is 0.0389. The van der Waals surface area contributed by atoms with Crippen LogP contribution in [-0.4, -0.2) is 45.9 Å². The van der Waals surface area contributed by atoms with E-state index >= 15 is 0 Å². The van der Waals surface area contributed by atoms with Gasteiger partial charge in [-0.15, -0.1) is 0 Å². The zero-order valence-electron chi connectivity index (χ0n) is 11.9. The van der Waals surface area contributed by atoms with Crippen LogP contribution in [0.15, 0.2) is 23.1 Å². The summed E-state index contributed by atoms with van der Waals surface area (Å²) in [5.41, 5.74) is 6.74. The number of likely N-dealkylation sites (N-methyl/N-ethyl adjacent to an activating group) is 1. The fraction of sp³-hybridized carbons (Fsp3) is 0.462. The van der Waals surface area contributed by atoms with E-state index in [1.54, 1.807) is 18.0 Å². The Hall–Kier alpha value is -1.80. The normalized spacial score (nSPS) is 15.2. The maximum atomic E-state index is 12.1. The highest BCUT2D eigenvalue weighted by Crippen LogP contribution is 2.25. The van der Waals surface area contributed by atoms with Crippen LogP contribution in [0.25, 0.3) is 0 Å². The third kappa shape index (κ3) is 3.64. The van der Waals surface area contributed by atoms with Gasteiger partial charge < -0.3 is 15.5 Å². The van der Waals surface area contributed by atoms with Gasteiger partial charge in [-0.25, -0.2) is 13.6 Å². The van der Waals surface area contributed by atoms with E-state index in [-0.39, 0.29) is 23.0 Å². The minimum atomic E-state index is -3.78. The number of nitrogens with zero attached hydrogens (tertiary/aromatic N) is 2. The average Bonchev–Trinajstić information content (AvgIpc) is 2.91. The molecule has 0 bridgehead atoms. The maximum absolute atomic E-state index is 12.1. The molecule has 7 nitrogen and oxygen atoms in total. The number of amides is 1. The van der Waals surface area contributed by atoms with Crippen molar-refractivity contribution in [1.82, 2.24) is 4.90 Å². The van der Waals surface area contributed by atoms with Gasteiger partial charge in [0.25, 0.3) is 0 Å². The number of rotatable bonds is 4. The van der Waals surface area contributed by atoms with Crippen LogP contribution in [0.1, 0.15) is 12.8 Å². The maximum Gasteiger partial charge on any atom is 0.242 e. The summed E-state index contributed by atoms with van der Waals surface area (Å²) in [6.45, 7) is 1.80. The number of hydrogen-bond donors (Lipinski definition) is 2. The fourth-order valence-electron chi connectivity index (χ4n) is 2.41. The number of primary sulfonamides is 1. The minimum Gasteiger partial charge on any atom is -0.397 e. The zero-order chi connectivity index (χ0) is 15.6. The van der Waals surface area contributed by atoms with Crippen LogP contribution in [0.4, 0.5) is 11.4 Å². The number of carbonyl (C=O) groups excluding carboxylic acids is 1. The molecule has 1 aromatic carbocycles. The number of anilines is 2. The van der Waals surface area contributed by atoms with Crippen molar-refractivity contribution in [2.45, 2.75) is 17.7 Å². The van der Waals surface area contributed by atoms with E-state index in [4.69, 9.17) is 10.9 Å². The van der Waals surface area contributed by atoms with Crippen molar-refractivity contribution in [3.63, 3.8) is 0 Å². The summed E-state index contributed by atoms with van der Waals surface area (Å²) in [4.78, 5) is 15.6. The van der Waals surface area contributed by atoms with E-state index in [1.165, 1.54) is 12.1 Å². The molecule has 0 atom stereocenters. The molecule has 0 saturated carbocycles. The third-order valence-corrected chi connectivity index (χ3v) is 4.48. The second kappa shape index (κ2) is 5.90. The highest BCUT2D eigenvalue weighted by molar-refractivity contribution is 7.89. The van der Waals surface area contributed by atoms with Gasteiger partial charge in [0.1, 0.15) is 0 Å². The number of carbonyl (C=O) groups is 1. The molecule has 1 heterocycles. The monoisotopic (exact) mass is 312 g/mol. The van der Waals surface area contributed by atoms with Crippen LogP contribution in [0.5, 0.6) is 0 Å². The Labute approximate surface area is 124 Å². The highest BCUT2D eigenvalue weighted by Gasteiger charge is 2.20. The first-order chi connectivity index (χ1) is 9.79. The second-order valence-corrected chi connectivity index (χ2v) is 6.77. The average molecular weight is 312 g/mol. The lowest BCUT2D eigenvalue weighted by atomic mass is 10.2. The van der Waals surface area contributed by atoms with E-state index in [0.29, 0.717) is 5.69 Å². The molecule has 2 rings (SSSR count). The molecule has 0 unspecified atom stereocenters. The Balaban J connectivity index is 2.12. The van der Waals surface area contributed by atoms with Gasteiger partial charge in [-0.1, -0.05) is 0 Å². The molecule has 0 spiro atoms. The Kier molecular flexibility index (Phi) is 4.38. The second-order valence-electron chi connectivity index (χ2n) is 5.21. The molecule has 0 aliphatic carbocycles. The molecule has 1 aliphatic rings. The van der Waals surface area contributed by atoms with E-state index < -0.39 is 10.0 Å². The lowest BCUT2D eigenvalue weighted by Gasteiger charge is -2.24. The van der Waals surface area contributed by atoms with Gasteiger partial charge >= 0.3 is 0 Å². The summed E-state index contributed by atoms with van der Waals surface area (Å²) in [6.07, 6.45) is 2.08.